The Balaban J connectivity index is 1.94. The van der Waals surface area contributed by atoms with Crippen molar-refractivity contribution in [2.24, 2.45) is 5.92 Å². The van der Waals surface area contributed by atoms with Crippen LogP contribution in [0.2, 0.25) is 0 Å². The van der Waals surface area contributed by atoms with E-state index in [4.69, 9.17) is 9.84 Å². The molecule has 1 heterocycles. The number of hydrogen-bond donors (Lipinski definition) is 1. The molecule has 132 valence electrons. The Morgan fingerprint density at radius 2 is 1.84 bits per heavy atom. The van der Waals surface area contributed by atoms with Crippen molar-refractivity contribution in [1.29, 1.82) is 0 Å². The van der Waals surface area contributed by atoms with Gasteiger partial charge in [0, 0.05) is 67.0 Å². The normalized spacial score (nSPS) is 11.4. The minimum atomic E-state index is -0.249. The molecule has 0 amide bonds. The van der Waals surface area contributed by atoms with E-state index in [0.717, 1.165) is 16.8 Å². The lowest BCUT2D eigenvalue weighted by Crippen LogP contribution is -2.18. The van der Waals surface area contributed by atoms with Crippen LogP contribution in [0.1, 0.15) is 11.1 Å². The standard InChI is InChI=1S/C19H21FN2O2S/c1-22(2)18-8-5-15(6-9-18)3-4-16-7-10-19(21-11-16)24-13-17(12-23)14-25-20/h5-11,17,23H,12-14H2,1-2H3. The number of ether oxygens (including phenoxy) is 1. The van der Waals surface area contributed by atoms with Gasteiger partial charge < -0.3 is 14.7 Å². The number of benzene rings is 1. The van der Waals surface area contributed by atoms with Crippen LogP contribution in [0.15, 0.2) is 42.6 Å². The summed E-state index contributed by atoms with van der Waals surface area (Å²) in [6.45, 7) is 0.108. The van der Waals surface area contributed by atoms with Crippen LogP contribution in [0.5, 0.6) is 5.88 Å². The lowest BCUT2D eigenvalue weighted by Gasteiger charge is -2.12. The van der Waals surface area contributed by atoms with Gasteiger partial charge >= 0.3 is 0 Å². The average Bonchev–Trinajstić information content (AvgIpc) is 2.64. The first-order chi connectivity index (χ1) is 12.1. The smallest absolute Gasteiger partial charge is 0.213 e. The summed E-state index contributed by atoms with van der Waals surface area (Å²) in [5, 5.41) is 9.10. The van der Waals surface area contributed by atoms with Crippen molar-refractivity contribution >= 4 is 17.8 Å². The fraction of sp³-hybridized carbons (Fsp3) is 0.316. The second kappa shape index (κ2) is 9.92. The molecule has 1 aromatic heterocycles. The third-order valence-electron chi connectivity index (χ3n) is 3.50. The number of nitrogens with zero attached hydrogens (tertiary/aromatic N) is 2. The average molecular weight is 360 g/mol. The molecule has 0 radical (unpaired) electrons. The van der Waals surface area contributed by atoms with Crippen LogP contribution in [0.3, 0.4) is 0 Å². The highest BCUT2D eigenvalue weighted by atomic mass is 32.2. The van der Waals surface area contributed by atoms with E-state index >= 15 is 0 Å². The van der Waals surface area contributed by atoms with Gasteiger partial charge in [-0.05, 0) is 30.3 Å². The lowest BCUT2D eigenvalue weighted by atomic mass is 10.2. The van der Waals surface area contributed by atoms with E-state index in [1.165, 1.54) is 0 Å². The Morgan fingerprint density at radius 3 is 2.40 bits per heavy atom. The minimum Gasteiger partial charge on any atom is -0.477 e. The van der Waals surface area contributed by atoms with Crippen molar-refractivity contribution in [3.05, 3.63) is 53.7 Å². The number of hydrogen-bond acceptors (Lipinski definition) is 5. The van der Waals surface area contributed by atoms with Crippen molar-refractivity contribution in [3.63, 3.8) is 0 Å². The molecule has 6 heteroatoms. The summed E-state index contributed by atoms with van der Waals surface area (Å²) in [6.07, 6.45) is 1.63. The molecule has 4 nitrogen and oxygen atoms in total. The monoisotopic (exact) mass is 360 g/mol. The zero-order valence-electron chi connectivity index (χ0n) is 14.3. The molecule has 1 atom stereocenters. The maximum absolute atomic E-state index is 12.2. The van der Waals surface area contributed by atoms with E-state index in [1.54, 1.807) is 12.3 Å². The summed E-state index contributed by atoms with van der Waals surface area (Å²) in [5.74, 6) is 6.54. The van der Waals surface area contributed by atoms with Gasteiger partial charge in [-0.1, -0.05) is 11.8 Å². The number of rotatable bonds is 7. The van der Waals surface area contributed by atoms with E-state index in [9.17, 15) is 3.89 Å². The van der Waals surface area contributed by atoms with Crippen LogP contribution < -0.4 is 9.64 Å². The highest BCUT2D eigenvalue weighted by Gasteiger charge is 2.09. The SMILES string of the molecule is CN(C)c1ccc(C#Cc2ccc(OCC(CO)CSF)nc2)cc1. The summed E-state index contributed by atoms with van der Waals surface area (Å²) < 4.78 is 17.7. The molecule has 0 aliphatic heterocycles. The van der Waals surface area contributed by atoms with Gasteiger partial charge in [-0.25, -0.2) is 4.98 Å². The Morgan fingerprint density at radius 1 is 1.16 bits per heavy atom. The van der Waals surface area contributed by atoms with Gasteiger partial charge in [-0.3, -0.25) is 0 Å². The molecule has 2 rings (SSSR count). The zero-order valence-corrected chi connectivity index (χ0v) is 15.1. The first kappa shape index (κ1) is 19.1. The summed E-state index contributed by atoms with van der Waals surface area (Å²) in [7, 11) is 3.99. The van der Waals surface area contributed by atoms with Crippen LogP contribution >= 0.6 is 12.1 Å². The van der Waals surface area contributed by atoms with Crippen molar-refractivity contribution in [2.75, 3.05) is 38.0 Å². The molecule has 25 heavy (non-hydrogen) atoms. The summed E-state index contributed by atoms with van der Waals surface area (Å²) >= 11 is 0.197. The highest BCUT2D eigenvalue weighted by Crippen LogP contribution is 2.13. The van der Waals surface area contributed by atoms with E-state index in [0.29, 0.717) is 5.88 Å². The molecule has 2 aromatic rings. The predicted octanol–water partition coefficient (Wildman–Crippen LogP) is 3.15. The molecule has 0 aliphatic rings. The van der Waals surface area contributed by atoms with Crippen LogP contribution in [0, 0.1) is 17.8 Å². The maximum Gasteiger partial charge on any atom is 0.213 e. The predicted molar refractivity (Wildman–Crippen MR) is 101 cm³/mol. The van der Waals surface area contributed by atoms with E-state index in [2.05, 4.69) is 16.8 Å². The van der Waals surface area contributed by atoms with Crippen molar-refractivity contribution < 1.29 is 13.7 Å². The van der Waals surface area contributed by atoms with Gasteiger partial charge in [-0.2, -0.15) is 3.89 Å². The lowest BCUT2D eigenvalue weighted by molar-refractivity contribution is 0.173. The number of pyridine rings is 1. The molecule has 0 saturated heterocycles. The van der Waals surface area contributed by atoms with Crippen molar-refractivity contribution in [1.82, 2.24) is 4.98 Å². The first-order valence-electron chi connectivity index (χ1n) is 7.85. The molecule has 0 spiro atoms. The fourth-order valence-corrected chi connectivity index (χ4v) is 2.35. The Hall–Kier alpha value is -2.23. The Bertz CT molecular complexity index is 709. The van der Waals surface area contributed by atoms with Crippen molar-refractivity contribution in [2.45, 2.75) is 0 Å². The van der Waals surface area contributed by atoms with E-state index in [-0.39, 0.29) is 37.0 Å². The molecule has 1 unspecified atom stereocenters. The fourth-order valence-electron chi connectivity index (χ4n) is 1.97. The molecule has 0 bridgehead atoms. The second-order valence-corrected chi connectivity index (χ2v) is 6.26. The summed E-state index contributed by atoms with van der Waals surface area (Å²) in [6, 6.07) is 11.5. The van der Waals surface area contributed by atoms with Gasteiger partial charge in [0.15, 0.2) is 0 Å². The van der Waals surface area contributed by atoms with Gasteiger partial charge in [-0.15, -0.1) is 0 Å². The Kier molecular flexibility index (Phi) is 7.58. The van der Waals surface area contributed by atoms with Gasteiger partial charge in [0.25, 0.3) is 0 Å². The minimum absolute atomic E-state index is 0.118. The van der Waals surface area contributed by atoms with E-state index < -0.39 is 0 Å². The van der Waals surface area contributed by atoms with Crippen LogP contribution in [0.4, 0.5) is 9.57 Å². The number of aliphatic hydroxyl groups excluding tert-OH is 1. The third-order valence-corrected chi connectivity index (χ3v) is 4.09. The van der Waals surface area contributed by atoms with Gasteiger partial charge in [0.05, 0.1) is 13.2 Å². The topological polar surface area (TPSA) is 45.6 Å². The maximum atomic E-state index is 12.2. The zero-order chi connectivity index (χ0) is 18.1. The van der Waals surface area contributed by atoms with Crippen LogP contribution in [-0.4, -0.2) is 43.2 Å². The molecule has 1 N–H and O–H groups in total. The number of aliphatic hydroxyl groups is 1. The quantitative estimate of drug-likeness (QED) is 0.769. The number of halogens is 1. The molecular formula is C19H21FN2O2S. The van der Waals surface area contributed by atoms with Gasteiger partial charge in [0.2, 0.25) is 5.88 Å². The first-order valence-corrected chi connectivity index (χ1v) is 8.73. The van der Waals surface area contributed by atoms with Crippen LogP contribution in [-0.2, 0) is 0 Å². The third kappa shape index (κ3) is 6.29. The summed E-state index contributed by atoms with van der Waals surface area (Å²) in [4.78, 5) is 6.22. The van der Waals surface area contributed by atoms with Crippen LogP contribution in [0.25, 0.3) is 0 Å². The molecular weight excluding hydrogens is 339 g/mol. The van der Waals surface area contributed by atoms with E-state index in [1.807, 2.05) is 49.3 Å². The summed E-state index contributed by atoms with van der Waals surface area (Å²) in [5.41, 5.74) is 2.84. The Labute approximate surface area is 152 Å². The number of aromatic nitrogens is 1. The molecule has 0 fully saturated rings. The molecule has 1 aromatic carbocycles. The van der Waals surface area contributed by atoms with Crippen molar-refractivity contribution in [3.8, 4) is 17.7 Å². The molecule has 0 aliphatic carbocycles. The largest absolute Gasteiger partial charge is 0.477 e. The highest BCUT2D eigenvalue weighted by molar-refractivity contribution is 7.94. The second-order valence-electron chi connectivity index (χ2n) is 5.71. The van der Waals surface area contributed by atoms with Gasteiger partial charge in [0.1, 0.15) is 0 Å². The molecule has 0 saturated carbocycles. The number of anilines is 1.